The van der Waals surface area contributed by atoms with E-state index >= 15 is 0 Å². The van der Waals surface area contributed by atoms with Gasteiger partial charge in [0.1, 0.15) is 5.75 Å². The summed E-state index contributed by atoms with van der Waals surface area (Å²) in [7, 11) is 0. The summed E-state index contributed by atoms with van der Waals surface area (Å²) in [5, 5.41) is 10.6. The van der Waals surface area contributed by atoms with E-state index in [9.17, 15) is 5.11 Å². The number of nitrogens with zero attached hydrogens (tertiary/aromatic N) is 1. The monoisotopic (exact) mass is 653 g/mol. The highest BCUT2D eigenvalue weighted by molar-refractivity contribution is 5.97. The van der Waals surface area contributed by atoms with Crippen LogP contribution in [0.5, 0.6) is 5.75 Å². The van der Waals surface area contributed by atoms with Gasteiger partial charge in [0.05, 0.1) is 11.1 Å². The summed E-state index contributed by atoms with van der Waals surface area (Å²) in [5.41, 5.74) is 14.3. The van der Waals surface area contributed by atoms with Gasteiger partial charge in [0, 0.05) is 22.5 Å². The van der Waals surface area contributed by atoms with E-state index in [0.29, 0.717) is 0 Å². The number of hydrogen-bond acceptors (Lipinski definition) is 2. The molecule has 0 radical (unpaired) electrons. The predicted molar refractivity (Wildman–Crippen MR) is 211 cm³/mol. The topological polar surface area (TPSA) is 23.5 Å². The number of fused-ring (bicyclic) bond motifs is 3. The fourth-order valence-electron chi connectivity index (χ4n) is 8.03. The molecular formula is C49H35NO. The van der Waals surface area contributed by atoms with E-state index in [1.165, 1.54) is 44.5 Å². The molecule has 2 heteroatoms. The van der Waals surface area contributed by atoms with E-state index in [2.05, 4.69) is 187 Å². The van der Waals surface area contributed by atoms with Gasteiger partial charge >= 0.3 is 0 Å². The highest BCUT2D eigenvalue weighted by Gasteiger charge is 2.47. The highest BCUT2D eigenvalue weighted by Crippen LogP contribution is 2.59. The third-order valence-electron chi connectivity index (χ3n) is 10.3. The molecule has 1 N–H and O–H groups in total. The summed E-state index contributed by atoms with van der Waals surface area (Å²) >= 11 is 0. The molecule has 0 amide bonds. The van der Waals surface area contributed by atoms with Crippen LogP contribution in [0.25, 0.3) is 33.4 Å². The number of rotatable bonds is 7. The van der Waals surface area contributed by atoms with Crippen LogP contribution in [0.1, 0.15) is 22.3 Å². The number of phenolic OH excluding ortho intramolecular Hbond substituents is 1. The number of aromatic hydroxyl groups is 1. The van der Waals surface area contributed by atoms with Crippen LogP contribution in [-0.2, 0) is 5.41 Å². The standard InChI is InChI=1S/C49H35NO/c51-47-26-13-11-21-42(47)37-29-33-41(34-30-37)50(40-31-27-36(28-32-40)35-15-4-1-5-16-35)46-25-14-24-45-48(46)43-22-10-12-23-44(43)49(45,38-17-6-2-7-18-38)39-19-8-3-9-20-39/h1-34,51H. The second-order valence-corrected chi connectivity index (χ2v) is 13.0. The van der Waals surface area contributed by atoms with Gasteiger partial charge in [0.2, 0.25) is 0 Å². The first-order valence-corrected chi connectivity index (χ1v) is 17.4. The molecule has 0 spiro atoms. The van der Waals surface area contributed by atoms with Crippen molar-refractivity contribution in [3.05, 3.63) is 229 Å². The van der Waals surface area contributed by atoms with Crippen molar-refractivity contribution >= 4 is 17.1 Å². The predicted octanol–water partition coefficient (Wildman–Crippen LogP) is 12.6. The Labute approximate surface area is 299 Å². The molecule has 242 valence electrons. The van der Waals surface area contributed by atoms with Gasteiger partial charge in [0.25, 0.3) is 0 Å². The van der Waals surface area contributed by atoms with Crippen LogP contribution in [0.15, 0.2) is 206 Å². The van der Waals surface area contributed by atoms with Gasteiger partial charge in [-0.25, -0.2) is 0 Å². The Kier molecular flexibility index (Phi) is 7.56. The maximum absolute atomic E-state index is 10.6. The Morgan fingerprint density at radius 2 is 0.824 bits per heavy atom. The zero-order valence-electron chi connectivity index (χ0n) is 28.0. The normalized spacial score (nSPS) is 12.5. The molecule has 0 aliphatic heterocycles. The van der Waals surface area contributed by atoms with Crippen LogP contribution in [0.4, 0.5) is 17.1 Å². The fourth-order valence-corrected chi connectivity index (χ4v) is 8.03. The molecule has 0 saturated heterocycles. The second kappa shape index (κ2) is 12.7. The highest BCUT2D eigenvalue weighted by atomic mass is 16.3. The van der Waals surface area contributed by atoms with Crippen LogP contribution < -0.4 is 4.90 Å². The summed E-state index contributed by atoms with van der Waals surface area (Å²) in [6.45, 7) is 0. The van der Waals surface area contributed by atoms with Gasteiger partial charge in [-0.1, -0.05) is 170 Å². The van der Waals surface area contributed by atoms with Crippen LogP contribution in [0, 0.1) is 0 Å². The van der Waals surface area contributed by atoms with Gasteiger partial charge in [0.15, 0.2) is 0 Å². The van der Waals surface area contributed by atoms with E-state index in [1.54, 1.807) is 6.07 Å². The second-order valence-electron chi connectivity index (χ2n) is 13.0. The molecule has 0 unspecified atom stereocenters. The molecule has 8 aromatic rings. The largest absolute Gasteiger partial charge is 0.507 e. The lowest BCUT2D eigenvalue weighted by Crippen LogP contribution is -2.28. The summed E-state index contributed by atoms with van der Waals surface area (Å²) < 4.78 is 0. The smallest absolute Gasteiger partial charge is 0.123 e. The van der Waals surface area contributed by atoms with Crippen molar-refractivity contribution in [3.8, 4) is 39.1 Å². The first-order chi connectivity index (χ1) is 25.2. The molecule has 51 heavy (non-hydrogen) atoms. The Morgan fingerprint density at radius 3 is 1.43 bits per heavy atom. The molecule has 8 aromatic carbocycles. The SMILES string of the molecule is Oc1ccccc1-c1ccc(N(c2ccc(-c3ccccc3)cc2)c2cccc3c2-c2ccccc2C3(c2ccccc2)c2ccccc2)cc1. The minimum atomic E-state index is -0.498. The maximum Gasteiger partial charge on any atom is 0.123 e. The zero-order chi connectivity index (χ0) is 34.2. The van der Waals surface area contributed by atoms with Gasteiger partial charge in [-0.2, -0.15) is 0 Å². The lowest BCUT2D eigenvalue weighted by Gasteiger charge is -2.34. The van der Waals surface area contributed by atoms with E-state index in [-0.39, 0.29) is 5.75 Å². The molecule has 0 fully saturated rings. The molecule has 0 aromatic heterocycles. The van der Waals surface area contributed by atoms with Gasteiger partial charge in [-0.3, -0.25) is 0 Å². The van der Waals surface area contributed by atoms with Crippen molar-refractivity contribution in [1.82, 2.24) is 0 Å². The Balaban J connectivity index is 1.29. The van der Waals surface area contributed by atoms with Crippen LogP contribution in [0.2, 0.25) is 0 Å². The quantitative estimate of drug-likeness (QED) is 0.185. The van der Waals surface area contributed by atoms with Crippen molar-refractivity contribution < 1.29 is 5.11 Å². The minimum absolute atomic E-state index is 0.272. The van der Waals surface area contributed by atoms with E-state index in [1.807, 2.05) is 18.2 Å². The fraction of sp³-hybridized carbons (Fsp3) is 0.0204. The molecule has 1 aliphatic rings. The molecule has 0 atom stereocenters. The number of anilines is 3. The van der Waals surface area contributed by atoms with Crippen LogP contribution >= 0.6 is 0 Å². The summed E-state index contributed by atoms with van der Waals surface area (Å²) in [5.74, 6) is 0.272. The number of hydrogen-bond donors (Lipinski definition) is 1. The summed E-state index contributed by atoms with van der Waals surface area (Å²) in [4.78, 5) is 2.38. The van der Waals surface area contributed by atoms with Crippen molar-refractivity contribution in [2.24, 2.45) is 0 Å². The Bertz CT molecular complexity index is 2410. The molecule has 0 bridgehead atoms. The maximum atomic E-state index is 10.6. The molecule has 0 saturated carbocycles. The lowest BCUT2D eigenvalue weighted by atomic mass is 9.68. The van der Waals surface area contributed by atoms with Crippen LogP contribution in [0.3, 0.4) is 0 Å². The average molecular weight is 654 g/mol. The van der Waals surface area contributed by atoms with Gasteiger partial charge < -0.3 is 10.0 Å². The molecule has 9 rings (SSSR count). The summed E-state index contributed by atoms with van der Waals surface area (Å²) in [6, 6.07) is 73.0. The first kappa shape index (κ1) is 30.4. The molecule has 1 aliphatic carbocycles. The van der Waals surface area contributed by atoms with Crippen molar-refractivity contribution in [2.45, 2.75) is 5.41 Å². The van der Waals surface area contributed by atoms with Crippen molar-refractivity contribution in [1.29, 1.82) is 0 Å². The summed E-state index contributed by atoms with van der Waals surface area (Å²) in [6.07, 6.45) is 0. The van der Waals surface area contributed by atoms with E-state index < -0.39 is 5.41 Å². The lowest BCUT2D eigenvalue weighted by molar-refractivity contribution is 0.477. The third-order valence-corrected chi connectivity index (χ3v) is 10.3. The number of benzene rings is 8. The number of phenols is 1. The molecule has 2 nitrogen and oxygen atoms in total. The van der Waals surface area contributed by atoms with Crippen molar-refractivity contribution in [2.75, 3.05) is 4.90 Å². The van der Waals surface area contributed by atoms with E-state index in [0.717, 1.165) is 28.2 Å². The zero-order valence-corrected chi connectivity index (χ0v) is 28.0. The third kappa shape index (κ3) is 5.04. The van der Waals surface area contributed by atoms with Gasteiger partial charge in [-0.05, 0) is 80.9 Å². The van der Waals surface area contributed by atoms with E-state index in [4.69, 9.17) is 0 Å². The average Bonchev–Trinajstić information content (AvgIpc) is 3.52. The Morgan fingerprint density at radius 1 is 0.353 bits per heavy atom. The molecular weight excluding hydrogens is 619 g/mol. The number of para-hydroxylation sites is 1. The Hall–Kier alpha value is -6.64. The van der Waals surface area contributed by atoms with Gasteiger partial charge in [-0.15, -0.1) is 0 Å². The minimum Gasteiger partial charge on any atom is -0.507 e. The van der Waals surface area contributed by atoms with Crippen molar-refractivity contribution in [3.63, 3.8) is 0 Å². The molecule has 0 heterocycles. The van der Waals surface area contributed by atoms with Crippen LogP contribution in [-0.4, -0.2) is 5.11 Å². The first-order valence-electron chi connectivity index (χ1n) is 17.4.